The highest BCUT2D eigenvalue weighted by molar-refractivity contribution is 5.93. The summed E-state index contributed by atoms with van der Waals surface area (Å²) < 4.78 is 0. The number of hydrogen-bond donors (Lipinski definition) is 0. The first-order valence-corrected chi connectivity index (χ1v) is 9.28. The highest BCUT2D eigenvalue weighted by atomic mass is 16.2. The van der Waals surface area contributed by atoms with Crippen LogP contribution in [0.1, 0.15) is 49.7 Å². The number of likely N-dealkylation sites (tertiary alicyclic amines) is 2. The van der Waals surface area contributed by atoms with Crippen LogP contribution in [0.2, 0.25) is 0 Å². The molecule has 4 heteroatoms. The van der Waals surface area contributed by atoms with Gasteiger partial charge in [0.05, 0.1) is 6.42 Å². The molecule has 0 radical (unpaired) electrons. The molecular formula is C20H26N2O2. The number of rotatable bonds is 3. The molecule has 1 aromatic rings. The number of carbonyl (C=O) groups excluding carboxylic acids is 2. The van der Waals surface area contributed by atoms with E-state index < -0.39 is 5.54 Å². The lowest BCUT2D eigenvalue weighted by Gasteiger charge is -2.45. The van der Waals surface area contributed by atoms with Crippen molar-refractivity contribution in [3.8, 4) is 0 Å². The number of amides is 2. The number of benzene rings is 1. The fourth-order valence-corrected chi connectivity index (χ4v) is 4.54. The first kappa shape index (κ1) is 15.7. The second-order valence-electron chi connectivity index (χ2n) is 7.62. The predicted molar refractivity (Wildman–Crippen MR) is 92.5 cm³/mol. The van der Waals surface area contributed by atoms with Gasteiger partial charge in [0.15, 0.2) is 0 Å². The molecule has 3 aliphatic rings. The van der Waals surface area contributed by atoms with Crippen molar-refractivity contribution in [3.63, 3.8) is 0 Å². The molecule has 4 rings (SSSR count). The molecule has 3 fully saturated rings. The molecule has 2 amide bonds. The maximum atomic E-state index is 13.2. The molecular weight excluding hydrogens is 300 g/mol. The van der Waals surface area contributed by atoms with Crippen molar-refractivity contribution in [2.45, 2.75) is 63.5 Å². The van der Waals surface area contributed by atoms with Crippen LogP contribution in [0, 0.1) is 6.92 Å². The van der Waals surface area contributed by atoms with E-state index in [-0.39, 0.29) is 11.8 Å². The summed E-state index contributed by atoms with van der Waals surface area (Å²) in [6.45, 7) is 3.66. The summed E-state index contributed by atoms with van der Waals surface area (Å²) in [5.41, 5.74) is 1.68. The molecule has 2 saturated heterocycles. The van der Waals surface area contributed by atoms with Crippen LogP contribution in [0.5, 0.6) is 0 Å². The summed E-state index contributed by atoms with van der Waals surface area (Å²) in [6.07, 6.45) is 6.34. The van der Waals surface area contributed by atoms with Crippen LogP contribution < -0.4 is 0 Å². The highest BCUT2D eigenvalue weighted by Crippen LogP contribution is 2.42. The summed E-state index contributed by atoms with van der Waals surface area (Å²) in [5, 5.41) is 0. The second-order valence-corrected chi connectivity index (χ2v) is 7.62. The standard InChI is InChI=1S/C20H26N2O2/c1-15-6-2-3-7-16(15)14-18(23)22-13-5-11-20(22)10-4-12-21(19(20)24)17-8-9-17/h2-3,6-7,17H,4-5,8-14H2,1H3. The minimum absolute atomic E-state index is 0.118. The van der Waals surface area contributed by atoms with E-state index in [1.54, 1.807) is 0 Å². The van der Waals surface area contributed by atoms with Gasteiger partial charge >= 0.3 is 0 Å². The molecule has 0 N–H and O–H groups in total. The zero-order chi connectivity index (χ0) is 16.7. The molecule has 0 aromatic heterocycles. The average molecular weight is 326 g/mol. The molecule has 1 spiro atoms. The van der Waals surface area contributed by atoms with Crippen molar-refractivity contribution in [1.82, 2.24) is 9.80 Å². The molecule has 2 aliphatic heterocycles. The van der Waals surface area contributed by atoms with Crippen LogP contribution in [-0.4, -0.2) is 46.3 Å². The van der Waals surface area contributed by atoms with Crippen LogP contribution in [0.25, 0.3) is 0 Å². The minimum atomic E-state index is -0.541. The monoisotopic (exact) mass is 326 g/mol. The van der Waals surface area contributed by atoms with Gasteiger partial charge in [-0.05, 0) is 56.6 Å². The highest BCUT2D eigenvalue weighted by Gasteiger charge is 2.54. The zero-order valence-corrected chi connectivity index (χ0v) is 14.5. The Morgan fingerprint density at radius 1 is 1.17 bits per heavy atom. The molecule has 1 saturated carbocycles. The molecule has 0 bridgehead atoms. The average Bonchev–Trinajstić information content (AvgIpc) is 3.33. The Kier molecular flexibility index (Phi) is 3.86. The molecule has 1 aliphatic carbocycles. The third-order valence-electron chi connectivity index (χ3n) is 6.03. The van der Waals surface area contributed by atoms with Crippen LogP contribution in [0.4, 0.5) is 0 Å². The smallest absolute Gasteiger partial charge is 0.248 e. The largest absolute Gasteiger partial charge is 0.338 e. The van der Waals surface area contributed by atoms with Crippen molar-refractivity contribution in [2.24, 2.45) is 0 Å². The van der Waals surface area contributed by atoms with Gasteiger partial charge in [-0.1, -0.05) is 24.3 Å². The third kappa shape index (κ3) is 2.52. The minimum Gasteiger partial charge on any atom is -0.338 e. The van der Waals surface area contributed by atoms with Crippen molar-refractivity contribution in [1.29, 1.82) is 0 Å². The lowest BCUT2D eigenvalue weighted by molar-refractivity contribution is -0.155. The van der Waals surface area contributed by atoms with E-state index in [4.69, 9.17) is 0 Å². The summed E-state index contributed by atoms with van der Waals surface area (Å²) in [6, 6.07) is 8.50. The van der Waals surface area contributed by atoms with E-state index in [0.29, 0.717) is 12.5 Å². The van der Waals surface area contributed by atoms with Gasteiger partial charge in [0.25, 0.3) is 0 Å². The number of carbonyl (C=O) groups is 2. The summed E-state index contributed by atoms with van der Waals surface area (Å²) in [7, 11) is 0. The number of aryl methyl sites for hydroxylation is 1. The van der Waals surface area contributed by atoms with Crippen molar-refractivity contribution >= 4 is 11.8 Å². The van der Waals surface area contributed by atoms with Crippen molar-refractivity contribution in [3.05, 3.63) is 35.4 Å². The second kappa shape index (κ2) is 5.91. The van der Waals surface area contributed by atoms with E-state index in [1.807, 2.05) is 36.1 Å². The molecule has 2 heterocycles. The lowest BCUT2D eigenvalue weighted by atomic mass is 9.85. The lowest BCUT2D eigenvalue weighted by Crippen LogP contribution is -2.62. The zero-order valence-electron chi connectivity index (χ0n) is 14.5. The Morgan fingerprint density at radius 3 is 2.58 bits per heavy atom. The Morgan fingerprint density at radius 2 is 1.88 bits per heavy atom. The Labute approximate surface area is 143 Å². The fraction of sp³-hybridized carbons (Fsp3) is 0.600. The normalized spacial score (nSPS) is 27.1. The maximum Gasteiger partial charge on any atom is 0.248 e. The van der Waals surface area contributed by atoms with Gasteiger partial charge in [0, 0.05) is 19.1 Å². The Bertz CT molecular complexity index is 667. The van der Waals surface area contributed by atoms with Gasteiger partial charge in [-0.2, -0.15) is 0 Å². The Balaban J connectivity index is 1.56. The van der Waals surface area contributed by atoms with E-state index in [9.17, 15) is 9.59 Å². The number of nitrogens with zero attached hydrogens (tertiary/aromatic N) is 2. The summed E-state index contributed by atoms with van der Waals surface area (Å²) in [5.74, 6) is 0.347. The van der Waals surface area contributed by atoms with Gasteiger partial charge in [-0.25, -0.2) is 0 Å². The topological polar surface area (TPSA) is 40.6 Å². The quantitative estimate of drug-likeness (QED) is 0.857. The third-order valence-corrected chi connectivity index (χ3v) is 6.03. The van der Waals surface area contributed by atoms with Gasteiger partial charge in [-0.15, -0.1) is 0 Å². The van der Waals surface area contributed by atoms with E-state index >= 15 is 0 Å². The van der Waals surface area contributed by atoms with E-state index in [0.717, 1.165) is 62.7 Å². The fourth-order valence-electron chi connectivity index (χ4n) is 4.54. The predicted octanol–water partition coefficient (Wildman–Crippen LogP) is 2.68. The van der Waals surface area contributed by atoms with E-state index in [2.05, 4.69) is 4.90 Å². The molecule has 1 unspecified atom stereocenters. The maximum absolute atomic E-state index is 13.2. The van der Waals surface area contributed by atoms with Crippen molar-refractivity contribution in [2.75, 3.05) is 13.1 Å². The molecule has 1 atom stereocenters. The first-order valence-electron chi connectivity index (χ1n) is 9.28. The van der Waals surface area contributed by atoms with Crippen molar-refractivity contribution < 1.29 is 9.59 Å². The number of hydrogen-bond acceptors (Lipinski definition) is 2. The van der Waals surface area contributed by atoms with Crippen LogP contribution in [-0.2, 0) is 16.0 Å². The van der Waals surface area contributed by atoms with Gasteiger partial charge < -0.3 is 9.80 Å². The summed E-state index contributed by atoms with van der Waals surface area (Å²) >= 11 is 0. The SMILES string of the molecule is Cc1ccccc1CC(=O)N1CCCC12CCCN(C1CC1)C2=O. The molecule has 128 valence electrons. The van der Waals surface area contributed by atoms with Gasteiger partial charge in [0.2, 0.25) is 11.8 Å². The summed E-state index contributed by atoms with van der Waals surface area (Å²) in [4.78, 5) is 30.2. The van der Waals surface area contributed by atoms with Crippen LogP contribution >= 0.6 is 0 Å². The molecule has 4 nitrogen and oxygen atoms in total. The molecule has 1 aromatic carbocycles. The van der Waals surface area contributed by atoms with E-state index in [1.165, 1.54) is 0 Å². The molecule has 24 heavy (non-hydrogen) atoms. The van der Waals surface area contributed by atoms with Gasteiger partial charge in [-0.3, -0.25) is 9.59 Å². The van der Waals surface area contributed by atoms with Crippen LogP contribution in [0.15, 0.2) is 24.3 Å². The Hall–Kier alpha value is -1.84. The van der Waals surface area contributed by atoms with Gasteiger partial charge in [0.1, 0.15) is 5.54 Å². The van der Waals surface area contributed by atoms with Crippen LogP contribution in [0.3, 0.4) is 0 Å². The first-order chi connectivity index (χ1) is 11.6. The number of piperidine rings is 1.